The van der Waals surface area contributed by atoms with Crippen LogP contribution in [0.3, 0.4) is 0 Å². The Morgan fingerprint density at radius 2 is 1.81 bits per heavy atom. The number of ether oxygens (including phenoxy) is 2. The van der Waals surface area contributed by atoms with Gasteiger partial charge in [0.25, 0.3) is 0 Å². The zero-order valence-corrected chi connectivity index (χ0v) is 18.9. The van der Waals surface area contributed by atoms with Crippen LogP contribution in [0, 0.1) is 5.92 Å². The van der Waals surface area contributed by atoms with Gasteiger partial charge in [0.15, 0.2) is 0 Å². The summed E-state index contributed by atoms with van der Waals surface area (Å²) in [6.07, 6.45) is 4.21. The van der Waals surface area contributed by atoms with Crippen LogP contribution in [0.25, 0.3) is 0 Å². The van der Waals surface area contributed by atoms with E-state index in [0.29, 0.717) is 19.6 Å². The van der Waals surface area contributed by atoms with Crippen LogP contribution in [0.2, 0.25) is 0 Å². The van der Waals surface area contributed by atoms with Gasteiger partial charge in [-0.15, -0.1) is 0 Å². The first-order valence-electron chi connectivity index (χ1n) is 10.9. The van der Waals surface area contributed by atoms with Gasteiger partial charge in [-0.3, -0.25) is 19.5 Å². The van der Waals surface area contributed by atoms with Crippen LogP contribution >= 0.6 is 0 Å². The smallest absolute Gasteiger partial charge is 0.242 e. The van der Waals surface area contributed by atoms with Gasteiger partial charge in [-0.05, 0) is 35.7 Å². The van der Waals surface area contributed by atoms with Crippen molar-refractivity contribution in [1.29, 1.82) is 0 Å². The molecule has 32 heavy (non-hydrogen) atoms. The molecule has 2 aromatic rings. The van der Waals surface area contributed by atoms with Crippen LogP contribution in [0.1, 0.15) is 17.5 Å². The molecule has 2 saturated heterocycles. The number of methoxy groups -OCH3 is 2. The Hall–Kier alpha value is -3.13. The van der Waals surface area contributed by atoms with E-state index in [0.717, 1.165) is 35.6 Å². The van der Waals surface area contributed by atoms with Crippen molar-refractivity contribution in [2.45, 2.75) is 25.6 Å². The molecular formula is C24H30N4O4. The highest BCUT2D eigenvalue weighted by Crippen LogP contribution is 2.29. The van der Waals surface area contributed by atoms with E-state index in [2.05, 4.69) is 9.88 Å². The van der Waals surface area contributed by atoms with Crippen molar-refractivity contribution in [3.05, 3.63) is 53.9 Å². The Morgan fingerprint density at radius 3 is 2.47 bits per heavy atom. The second-order valence-electron chi connectivity index (χ2n) is 8.48. The normalized spacial score (nSPS) is 21.8. The summed E-state index contributed by atoms with van der Waals surface area (Å²) in [5.74, 6) is 1.25. The fourth-order valence-electron chi connectivity index (χ4n) is 4.69. The van der Waals surface area contributed by atoms with Gasteiger partial charge >= 0.3 is 0 Å². The Kier molecular flexibility index (Phi) is 6.60. The summed E-state index contributed by atoms with van der Waals surface area (Å²) in [5, 5.41) is 0. The highest BCUT2D eigenvalue weighted by Gasteiger charge is 2.43. The first-order chi connectivity index (χ1) is 15.5. The minimum absolute atomic E-state index is 0.0132. The number of likely N-dealkylation sites (tertiary alicyclic amines) is 1. The third kappa shape index (κ3) is 4.70. The largest absolute Gasteiger partial charge is 0.497 e. The monoisotopic (exact) mass is 438 g/mol. The Labute approximate surface area is 188 Å². The molecule has 8 nitrogen and oxygen atoms in total. The molecule has 8 heteroatoms. The topological polar surface area (TPSA) is 75.2 Å². The van der Waals surface area contributed by atoms with Crippen LogP contribution < -0.4 is 9.47 Å². The van der Waals surface area contributed by atoms with Gasteiger partial charge in [0.05, 0.1) is 20.1 Å². The maximum atomic E-state index is 13.5. The van der Waals surface area contributed by atoms with Crippen LogP contribution in [-0.4, -0.2) is 78.4 Å². The van der Waals surface area contributed by atoms with Crippen LogP contribution in [0.15, 0.2) is 42.7 Å². The molecule has 2 fully saturated rings. The lowest BCUT2D eigenvalue weighted by atomic mass is 9.90. The molecule has 0 saturated carbocycles. The summed E-state index contributed by atoms with van der Waals surface area (Å²) in [6.45, 7) is 2.59. The molecule has 3 heterocycles. The van der Waals surface area contributed by atoms with Gasteiger partial charge in [-0.25, -0.2) is 0 Å². The summed E-state index contributed by atoms with van der Waals surface area (Å²) in [4.78, 5) is 36.2. The highest BCUT2D eigenvalue weighted by atomic mass is 16.5. The van der Waals surface area contributed by atoms with Crippen LogP contribution in [0.5, 0.6) is 11.5 Å². The predicted molar refractivity (Wildman–Crippen MR) is 119 cm³/mol. The van der Waals surface area contributed by atoms with Crippen molar-refractivity contribution in [3.8, 4) is 11.5 Å². The molecule has 0 aliphatic carbocycles. The number of benzene rings is 1. The zero-order valence-electron chi connectivity index (χ0n) is 18.9. The number of carbonyl (C=O) groups excluding carboxylic acids is 2. The first kappa shape index (κ1) is 22.1. The highest BCUT2D eigenvalue weighted by molar-refractivity contribution is 5.89. The van der Waals surface area contributed by atoms with Crippen molar-refractivity contribution in [3.63, 3.8) is 0 Å². The van der Waals surface area contributed by atoms with Crippen LogP contribution in [-0.2, 0) is 22.7 Å². The summed E-state index contributed by atoms with van der Waals surface area (Å²) < 4.78 is 10.8. The Morgan fingerprint density at radius 1 is 1.06 bits per heavy atom. The van der Waals surface area contributed by atoms with Crippen molar-refractivity contribution >= 4 is 11.8 Å². The van der Waals surface area contributed by atoms with E-state index in [9.17, 15) is 9.59 Å². The predicted octanol–water partition coefficient (Wildman–Crippen LogP) is 1.79. The number of aromatic nitrogens is 1. The maximum absolute atomic E-state index is 13.5. The van der Waals surface area contributed by atoms with Crippen molar-refractivity contribution in [1.82, 2.24) is 19.7 Å². The maximum Gasteiger partial charge on any atom is 0.242 e. The molecule has 0 unspecified atom stereocenters. The molecule has 0 bridgehead atoms. The van der Waals surface area contributed by atoms with E-state index in [1.165, 1.54) is 0 Å². The number of likely N-dealkylation sites (N-methyl/N-ethyl adjacent to an activating group) is 1. The number of amides is 2. The standard InChI is InChI=1S/C24H30N4O4/c1-26-22-6-8-27(13-18-9-19(31-2)11-20(10-18)32-3)15-21(22)24(30)28(16-23(26)29)14-17-5-4-7-25-12-17/h4-5,7,9-12,21-22H,6,8,13-16H2,1-3H3/t21-,22+/m0/s1. The number of pyridine rings is 1. The quantitative estimate of drug-likeness (QED) is 0.685. The molecule has 2 atom stereocenters. The third-order valence-electron chi connectivity index (χ3n) is 6.42. The summed E-state index contributed by atoms with van der Waals surface area (Å²) in [6, 6.07) is 9.53. The lowest BCUT2D eigenvalue weighted by molar-refractivity contribution is -0.138. The van der Waals surface area contributed by atoms with Gasteiger partial charge in [0, 0.05) is 57.7 Å². The average molecular weight is 439 g/mol. The van der Waals surface area contributed by atoms with E-state index < -0.39 is 0 Å². The SMILES string of the molecule is COc1cc(CN2CC[C@@H]3[C@H](C2)C(=O)N(Cc2cccnc2)CC(=O)N3C)cc(OC)c1. The Balaban J connectivity index is 1.53. The lowest BCUT2D eigenvalue weighted by Crippen LogP contribution is -2.53. The lowest BCUT2D eigenvalue weighted by Gasteiger charge is -2.40. The van der Waals surface area contributed by atoms with Gasteiger partial charge in [0.2, 0.25) is 11.8 Å². The summed E-state index contributed by atoms with van der Waals surface area (Å²) >= 11 is 0. The van der Waals surface area contributed by atoms with E-state index in [-0.39, 0.29) is 30.3 Å². The fourth-order valence-corrected chi connectivity index (χ4v) is 4.69. The van der Waals surface area contributed by atoms with Gasteiger partial charge in [-0.1, -0.05) is 6.07 Å². The van der Waals surface area contributed by atoms with E-state index in [1.54, 1.807) is 36.4 Å². The molecule has 2 amide bonds. The number of hydrogen-bond acceptors (Lipinski definition) is 6. The third-order valence-corrected chi connectivity index (χ3v) is 6.42. The minimum Gasteiger partial charge on any atom is -0.497 e. The van der Waals surface area contributed by atoms with Gasteiger partial charge < -0.3 is 19.3 Å². The second-order valence-corrected chi connectivity index (χ2v) is 8.48. The number of fused-ring (bicyclic) bond motifs is 1. The molecule has 0 spiro atoms. The van der Waals surface area contributed by atoms with Gasteiger partial charge in [0.1, 0.15) is 18.0 Å². The number of nitrogens with zero attached hydrogens (tertiary/aromatic N) is 4. The molecule has 2 aliphatic heterocycles. The molecule has 1 aromatic heterocycles. The van der Waals surface area contributed by atoms with Gasteiger partial charge in [-0.2, -0.15) is 0 Å². The minimum atomic E-state index is -0.260. The average Bonchev–Trinajstić information content (AvgIpc) is 2.90. The number of rotatable bonds is 6. The Bertz CT molecular complexity index is 945. The number of piperidine rings is 1. The zero-order chi connectivity index (χ0) is 22.7. The van der Waals surface area contributed by atoms with Crippen molar-refractivity contribution in [2.24, 2.45) is 5.92 Å². The van der Waals surface area contributed by atoms with Crippen molar-refractivity contribution in [2.75, 3.05) is 40.9 Å². The second kappa shape index (κ2) is 9.56. The van der Waals surface area contributed by atoms with Crippen molar-refractivity contribution < 1.29 is 19.1 Å². The summed E-state index contributed by atoms with van der Waals surface area (Å²) in [5.41, 5.74) is 1.99. The first-order valence-corrected chi connectivity index (χ1v) is 10.9. The molecule has 0 N–H and O–H groups in total. The number of hydrogen-bond donors (Lipinski definition) is 0. The van der Waals surface area contributed by atoms with E-state index >= 15 is 0 Å². The molecule has 1 aromatic carbocycles. The molecular weight excluding hydrogens is 408 g/mol. The molecule has 2 aliphatic rings. The fraction of sp³-hybridized carbons (Fsp3) is 0.458. The molecule has 4 rings (SSSR count). The molecule has 170 valence electrons. The number of carbonyl (C=O) groups is 2. The van der Waals surface area contributed by atoms with E-state index in [1.807, 2.05) is 37.4 Å². The summed E-state index contributed by atoms with van der Waals surface area (Å²) in [7, 11) is 5.10. The van der Waals surface area contributed by atoms with Crippen LogP contribution in [0.4, 0.5) is 0 Å². The van der Waals surface area contributed by atoms with E-state index in [4.69, 9.17) is 9.47 Å². The molecule has 0 radical (unpaired) electrons.